The highest BCUT2D eigenvalue weighted by atomic mass is 32.2. The Bertz CT molecular complexity index is 574. The Labute approximate surface area is 120 Å². The Kier molecular flexibility index (Phi) is 4.52. The number of likely N-dealkylation sites (tertiary alicyclic amines) is 1. The number of rotatable bonds is 5. The number of benzene rings is 1. The van der Waals surface area contributed by atoms with Crippen LogP contribution in [0.15, 0.2) is 23.1 Å². The van der Waals surface area contributed by atoms with E-state index < -0.39 is 10.0 Å². The van der Waals surface area contributed by atoms with E-state index in [1.165, 1.54) is 12.5 Å². The van der Waals surface area contributed by atoms with Gasteiger partial charge in [-0.15, -0.1) is 0 Å². The molecular formula is C13H22N4O2S. The molecule has 0 saturated carbocycles. The third kappa shape index (κ3) is 3.62. The lowest BCUT2D eigenvalue weighted by molar-refractivity contribution is 0.345. The van der Waals surface area contributed by atoms with Gasteiger partial charge in [-0.2, -0.15) is 0 Å². The molecule has 1 fully saturated rings. The number of nitrogens with zero attached hydrogens (tertiary/aromatic N) is 1. The summed E-state index contributed by atoms with van der Waals surface area (Å²) in [5.41, 5.74) is 6.73. The van der Waals surface area contributed by atoms with Gasteiger partial charge in [-0.3, -0.25) is 0 Å². The van der Waals surface area contributed by atoms with Crippen molar-refractivity contribution in [2.75, 3.05) is 37.2 Å². The summed E-state index contributed by atoms with van der Waals surface area (Å²) in [5, 5.41) is 8.39. The van der Waals surface area contributed by atoms with E-state index in [0.29, 0.717) is 5.92 Å². The van der Waals surface area contributed by atoms with Crippen molar-refractivity contribution in [1.82, 2.24) is 4.90 Å². The van der Waals surface area contributed by atoms with Crippen LogP contribution in [0.1, 0.15) is 13.3 Å². The molecule has 1 atom stereocenters. The first-order valence-electron chi connectivity index (χ1n) is 6.78. The largest absolute Gasteiger partial charge is 0.398 e. The van der Waals surface area contributed by atoms with E-state index in [1.54, 1.807) is 12.1 Å². The van der Waals surface area contributed by atoms with Crippen LogP contribution in [-0.4, -0.2) is 39.5 Å². The monoisotopic (exact) mass is 298 g/mol. The summed E-state index contributed by atoms with van der Waals surface area (Å²) in [4.78, 5) is 2.39. The van der Waals surface area contributed by atoms with Gasteiger partial charge in [0.05, 0.1) is 5.69 Å². The number of sulfonamides is 1. The normalized spacial score (nSPS) is 20.2. The minimum absolute atomic E-state index is 0.0268. The van der Waals surface area contributed by atoms with Crippen molar-refractivity contribution in [3.63, 3.8) is 0 Å². The molecule has 1 aromatic rings. The summed E-state index contributed by atoms with van der Waals surface area (Å²) >= 11 is 0. The molecule has 0 spiro atoms. The van der Waals surface area contributed by atoms with E-state index in [0.717, 1.165) is 31.9 Å². The lowest BCUT2D eigenvalue weighted by atomic mass is 10.1. The number of hydrogen-bond donors (Lipinski definition) is 3. The molecule has 0 aromatic heterocycles. The molecule has 5 N–H and O–H groups in total. The first-order valence-corrected chi connectivity index (χ1v) is 8.33. The molecule has 1 heterocycles. The van der Waals surface area contributed by atoms with Crippen LogP contribution >= 0.6 is 0 Å². The molecule has 0 aliphatic carbocycles. The zero-order chi connectivity index (χ0) is 14.8. The Morgan fingerprint density at radius 3 is 2.75 bits per heavy atom. The highest BCUT2D eigenvalue weighted by Crippen LogP contribution is 2.22. The number of hydrogen-bond acceptors (Lipinski definition) is 5. The van der Waals surface area contributed by atoms with Crippen molar-refractivity contribution in [2.24, 2.45) is 11.1 Å². The van der Waals surface area contributed by atoms with E-state index in [-0.39, 0.29) is 10.6 Å². The van der Waals surface area contributed by atoms with Gasteiger partial charge in [0.25, 0.3) is 0 Å². The van der Waals surface area contributed by atoms with E-state index in [4.69, 9.17) is 10.9 Å². The van der Waals surface area contributed by atoms with Crippen LogP contribution in [0.2, 0.25) is 0 Å². The van der Waals surface area contributed by atoms with Gasteiger partial charge in [0, 0.05) is 18.8 Å². The lowest BCUT2D eigenvalue weighted by Crippen LogP contribution is -2.22. The summed E-state index contributed by atoms with van der Waals surface area (Å²) in [6.45, 7) is 6.38. The molecule has 6 nitrogen and oxygen atoms in total. The molecule has 7 heteroatoms. The smallest absolute Gasteiger partial charge is 0.240 e. The van der Waals surface area contributed by atoms with Gasteiger partial charge >= 0.3 is 0 Å². The maximum atomic E-state index is 11.3. The summed E-state index contributed by atoms with van der Waals surface area (Å²) < 4.78 is 22.5. The molecular weight excluding hydrogens is 276 g/mol. The molecule has 1 saturated heterocycles. The molecule has 2 rings (SSSR count). The van der Waals surface area contributed by atoms with Crippen LogP contribution < -0.4 is 16.2 Å². The summed E-state index contributed by atoms with van der Waals surface area (Å²) in [5.74, 6) is 0.620. The number of primary sulfonamides is 1. The Balaban J connectivity index is 1.96. The Hall–Kier alpha value is -1.31. The molecule has 1 aliphatic rings. The van der Waals surface area contributed by atoms with Crippen LogP contribution in [0.4, 0.5) is 11.4 Å². The Morgan fingerprint density at radius 1 is 1.45 bits per heavy atom. The molecule has 1 unspecified atom stereocenters. The molecule has 0 amide bonds. The molecule has 0 radical (unpaired) electrons. The third-order valence-electron chi connectivity index (χ3n) is 3.73. The van der Waals surface area contributed by atoms with E-state index in [9.17, 15) is 8.42 Å². The number of nitrogens with one attached hydrogen (secondary N) is 1. The zero-order valence-electron chi connectivity index (χ0n) is 11.7. The second kappa shape index (κ2) is 5.99. The van der Waals surface area contributed by atoms with E-state index in [1.807, 2.05) is 0 Å². The van der Waals surface area contributed by atoms with Crippen molar-refractivity contribution in [2.45, 2.75) is 18.2 Å². The van der Waals surface area contributed by atoms with Crippen molar-refractivity contribution >= 4 is 21.4 Å². The van der Waals surface area contributed by atoms with Gasteiger partial charge in [-0.1, -0.05) is 6.92 Å². The van der Waals surface area contributed by atoms with Crippen LogP contribution in [0, 0.1) is 5.92 Å². The topological polar surface area (TPSA) is 101 Å². The predicted octanol–water partition coefficient (Wildman–Crippen LogP) is 0.670. The lowest BCUT2D eigenvalue weighted by Gasteiger charge is -2.15. The highest BCUT2D eigenvalue weighted by Gasteiger charge is 2.20. The third-order valence-corrected chi connectivity index (χ3v) is 4.71. The van der Waals surface area contributed by atoms with Gasteiger partial charge in [0.15, 0.2) is 0 Å². The van der Waals surface area contributed by atoms with Crippen LogP contribution in [0.3, 0.4) is 0 Å². The first-order chi connectivity index (χ1) is 9.40. The van der Waals surface area contributed by atoms with Gasteiger partial charge in [-0.25, -0.2) is 13.6 Å². The molecule has 1 aromatic carbocycles. The van der Waals surface area contributed by atoms with E-state index in [2.05, 4.69) is 17.1 Å². The fourth-order valence-corrected chi connectivity index (χ4v) is 3.19. The second-order valence-corrected chi connectivity index (χ2v) is 6.76. The minimum atomic E-state index is -3.75. The summed E-state index contributed by atoms with van der Waals surface area (Å²) in [6, 6.07) is 4.76. The standard InChI is InChI=1S/C13H22N4O2S/c1-2-17-6-5-10(9-17)8-16-11-3-4-13(12(14)7-11)20(15,18)19/h3-4,7,10,16H,2,5-6,8-9,14H2,1H3,(H2,15,18,19). The SMILES string of the molecule is CCN1CCC(CNc2ccc(S(N)(=O)=O)c(N)c2)C1. The average molecular weight is 298 g/mol. The average Bonchev–Trinajstić information content (AvgIpc) is 2.83. The fraction of sp³-hybridized carbons (Fsp3) is 0.538. The first kappa shape index (κ1) is 15.1. The molecule has 20 heavy (non-hydrogen) atoms. The number of anilines is 2. The van der Waals surface area contributed by atoms with Crippen LogP contribution in [0.25, 0.3) is 0 Å². The predicted molar refractivity (Wildman–Crippen MR) is 80.9 cm³/mol. The van der Waals surface area contributed by atoms with Crippen LogP contribution in [-0.2, 0) is 10.0 Å². The summed E-state index contributed by atoms with van der Waals surface area (Å²) in [7, 11) is -3.75. The summed E-state index contributed by atoms with van der Waals surface area (Å²) in [6.07, 6.45) is 1.19. The van der Waals surface area contributed by atoms with Crippen molar-refractivity contribution in [3.05, 3.63) is 18.2 Å². The second-order valence-electron chi connectivity index (χ2n) is 5.23. The quantitative estimate of drug-likeness (QED) is 0.694. The fourth-order valence-electron chi connectivity index (χ4n) is 2.55. The highest BCUT2D eigenvalue weighted by molar-refractivity contribution is 7.89. The van der Waals surface area contributed by atoms with Gasteiger partial charge in [0.1, 0.15) is 4.90 Å². The molecule has 0 bridgehead atoms. The Morgan fingerprint density at radius 2 is 2.20 bits per heavy atom. The van der Waals surface area contributed by atoms with Crippen LogP contribution in [0.5, 0.6) is 0 Å². The van der Waals surface area contributed by atoms with Gasteiger partial charge < -0.3 is 16.0 Å². The number of nitrogen functional groups attached to an aromatic ring is 1. The maximum absolute atomic E-state index is 11.3. The number of nitrogens with two attached hydrogens (primary N) is 2. The minimum Gasteiger partial charge on any atom is -0.398 e. The maximum Gasteiger partial charge on any atom is 0.240 e. The van der Waals surface area contributed by atoms with Gasteiger partial charge in [0.2, 0.25) is 10.0 Å². The van der Waals surface area contributed by atoms with Crippen molar-refractivity contribution in [3.8, 4) is 0 Å². The van der Waals surface area contributed by atoms with Crippen molar-refractivity contribution in [1.29, 1.82) is 0 Å². The zero-order valence-corrected chi connectivity index (χ0v) is 12.5. The van der Waals surface area contributed by atoms with E-state index >= 15 is 0 Å². The van der Waals surface area contributed by atoms with Crippen molar-refractivity contribution < 1.29 is 8.42 Å². The van der Waals surface area contributed by atoms with Gasteiger partial charge in [-0.05, 0) is 43.6 Å². The molecule has 112 valence electrons. The molecule has 1 aliphatic heterocycles.